The van der Waals surface area contributed by atoms with E-state index in [9.17, 15) is 0 Å². The van der Waals surface area contributed by atoms with Gasteiger partial charge in [-0.2, -0.15) is 5.10 Å². The molecular weight excluding hydrogens is 170 g/mol. The lowest BCUT2D eigenvalue weighted by atomic mass is 9.93. The molecule has 1 rings (SSSR count). The highest BCUT2D eigenvalue weighted by molar-refractivity contribution is 5.88. The second-order valence-electron chi connectivity index (χ2n) is 3.05. The fourth-order valence-electron chi connectivity index (χ4n) is 1.57. The Bertz CT molecular complexity index is 182. The Morgan fingerprint density at radius 2 is 2.15 bits per heavy atom. The number of hydrazone groups is 1. The number of nitrogens with zero attached hydrogens (tertiary/aromatic N) is 1. The Morgan fingerprint density at radius 3 is 2.62 bits per heavy atom. The minimum absolute atomic E-state index is 0.373. The minimum atomic E-state index is -0.484. The summed E-state index contributed by atoms with van der Waals surface area (Å²) >= 11 is 0. The summed E-state index contributed by atoms with van der Waals surface area (Å²) in [6.45, 7) is 3.84. The van der Waals surface area contributed by atoms with Crippen molar-refractivity contribution in [1.29, 1.82) is 0 Å². The van der Waals surface area contributed by atoms with Crippen LogP contribution in [-0.4, -0.2) is 31.3 Å². The van der Waals surface area contributed by atoms with Crippen molar-refractivity contribution < 1.29 is 9.47 Å². The summed E-state index contributed by atoms with van der Waals surface area (Å²) in [4.78, 5) is 0. The van der Waals surface area contributed by atoms with Crippen LogP contribution in [0.2, 0.25) is 0 Å². The van der Waals surface area contributed by atoms with Crippen LogP contribution in [0.5, 0.6) is 0 Å². The van der Waals surface area contributed by atoms with Gasteiger partial charge >= 0.3 is 0 Å². The predicted molar refractivity (Wildman–Crippen MR) is 50.2 cm³/mol. The molecule has 1 aliphatic rings. The van der Waals surface area contributed by atoms with Crippen LogP contribution in [0.1, 0.15) is 19.8 Å². The summed E-state index contributed by atoms with van der Waals surface area (Å²) in [5, 5.41) is 3.52. The van der Waals surface area contributed by atoms with E-state index in [1.165, 1.54) is 0 Å². The Balaban J connectivity index is 2.72. The van der Waals surface area contributed by atoms with Crippen molar-refractivity contribution in [3.63, 3.8) is 0 Å². The first kappa shape index (κ1) is 10.3. The zero-order chi connectivity index (χ0) is 9.73. The first-order valence-corrected chi connectivity index (χ1v) is 4.50. The smallest absolute Gasteiger partial charge is 0.151 e. The van der Waals surface area contributed by atoms with E-state index in [-0.39, 0.29) is 0 Å². The van der Waals surface area contributed by atoms with Gasteiger partial charge in [0, 0.05) is 32.7 Å². The van der Waals surface area contributed by atoms with Gasteiger partial charge in [0.2, 0.25) is 0 Å². The number of rotatable bonds is 3. The molecule has 0 bridgehead atoms. The average Bonchev–Trinajstić information content (AvgIpc) is 2.18. The van der Waals surface area contributed by atoms with Gasteiger partial charge in [-0.05, 0) is 6.92 Å². The first-order chi connectivity index (χ1) is 6.25. The van der Waals surface area contributed by atoms with Crippen molar-refractivity contribution in [3.05, 3.63) is 0 Å². The van der Waals surface area contributed by atoms with Gasteiger partial charge < -0.3 is 21.1 Å². The van der Waals surface area contributed by atoms with E-state index in [0.29, 0.717) is 25.7 Å². The highest BCUT2D eigenvalue weighted by atomic mass is 16.5. The van der Waals surface area contributed by atoms with Gasteiger partial charge in [0.05, 0.1) is 0 Å². The number of hydrogen-bond donors (Lipinski definition) is 2. The Kier molecular flexibility index (Phi) is 3.50. The quantitative estimate of drug-likeness (QED) is 0.277. The molecule has 0 saturated carbocycles. The lowest BCUT2D eigenvalue weighted by Gasteiger charge is -2.35. The summed E-state index contributed by atoms with van der Waals surface area (Å²) in [6.07, 6.45) is 1.46. The molecule has 0 atom stereocenters. The van der Waals surface area contributed by atoms with Gasteiger partial charge in [-0.3, -0.25) is 0 Å². The van der Waals surface area contributed by atoms with Crippen molar-refractivity contribution >= 4 is 5.84 Å². The maximum absolute atomic E-state index is 5.71. The molecule has 0 aromatic rings. The van der Waals surface area contributed by atoms with Crippen molar-refractivity contribution in [1.82, 2.24) is 0 Å². The van der Waals surface area contributed by atoms with E-state index in [2.05, 4.69) is 5.10 Å². The molecule has 0 unspecified atom stereocenters. The van der Waals surface area contributed by atoms with Gasteiger partial charge in [-0.1, -0.05) is 0 Å². The predicted octanol–water partition coefficient (Wildman–Crippen LogP) is -0.197. The maximum Gasteiger partial charge on any atom is 0.151 e. The number of nitrogens with two attached hydrogens (primary N) is 2. The molecule has 0 spiro atoms. The average molecular weight is 187 g/mol. The molecule has 0 aromatic carbocycles. The summed E-state index contributed by atoms with van der Waals surface area (Å²) in [7, 11) is 0. The van der Waals surface area contributed by atoms with Crippen molar-refractivity contribution in [2.24, 2.45) is 16.7 Å². The largest absolute Gasteiger partial charge is 0.383 e. The van der Waals surface area contributed by atoms with Crippen LogP contribution in [0.3, 0.4) is 0 Å². The molecule has 0 aliphatic carbocycles. The highest BCUT2D eigenvalue weighted by Gasteiger charge is 2.37. The molecule has 1 heterocycles. The zero-order valence-electron chi connectivity index (χ0n) is 7.95. The Morgan fingerprint density at radius 1 is 1.54 bits per heavy atom. The van der Waals surface area contributed by atoms with Gasteiger partial charge in [0.1, 0.15) is 5.60 Å². The Hall–Kier alpha value is -0.810. The second-order valence-corrected chi connectivity index (χ2v) is 3.05. The summed E-state index contributed by atoms with van der Waals surface area (Å²) in [6, 6.07) is 0. The standard InChI is InChI=1S/C8H17N3O2/c1-2-13-8(7(9)11-10)3-5-12-6-4-8/h2-6,10H2,1H3,(H2,9,11). The summed E-state index contributed by atoms with van der Waals surface area (Å²) in [5.41, 5.74) is 5.23. The van der Waals surface area contributed by atoms with E-state index >= 15 is 0 Å². The molecule has 1 fully saturated rings. The molecule has 0 aromatic heterocycles. The van der Waals surface area contributed by atoms with Crippen molar-refractivity contribution in [3.8, 4) is 0 Å². The molecule has 0 radical (unpaired) electrons. The van der Waals surface area contributed by atoms with E-state index in [0.717, 1.165) is 12.8 Å². The molecule has 5 heteroatoms. The highest BCUT2D eigenvalue weighted by Crippen LogP contribution is 2.25. The number of hydrogen-bond acceptors (Lipinski definition) is 4. The summed E-state index contributed by atoms with van der Waals surface area (Å²) in [5.74, 6) is 5.53. The molecule has 0 amide bonds. The van der Waals surface area contributed by atoms with Crippen molar-refractivity contribution in [2.45, 2.75) is 25.4 Å². The van der Waals surface area contributed by atoms with Crippen LogP contribution in [0.25, 0.3) is 0 Å². The molecule has 13 heavy (non-hydrogen) atoms. The van der Waals surface area contributed by atoms with E-state index in [4.69, 9.17) is 21.1 Å². The SMILES string of the molecule is CCOC1(C(N)=NN)CCOCC1. The topological polar surface area (TPSA) is 82.9 Å². The second kappa shape index (κ2) is 4.43. The van der Waals surface area contributed by atoms with E-state index in [1.807, 2.05) is 6.92 Å². The van der Waals surface area contributed by atoms with E-state index < -0.39 is 5.60 Å². The van der Waals surface area contributed by atoms with Crippen LogP contribution in [-0.2, 0) is 9.47 Å². The van der Waals surface area contributed by atoms with Crippen LogP contribution < -0.4 is 11.6 Å². The summed E-state index contributed by atoms with van der Waals surface area (Å²) < 4.78 is 10.8. The lowest BCUT2D eigenvalue weighted by molar-refractivity contribution is -0.0646. The molecule has 1 aliphatic heterocycles. The number of ether oxygens (including phenoxy) is 2. The first-order valence-electron chi connectivity index (χ1n) is 4.50. The van der Waals surface area contributed by atoms with Crippen LogP contribution >= 0.6 is 0 Å². The van der Waals surface area contributed by atoms with Gasteiger partial charge in [-0.25, -0.2) is 0 Å². The van der Waals surface area contributed by atoms with Crippen LogP contribution in [0.4, 0.5) is 0 Å². The molecular formula is C8H17N3O2. The zero-order valence-corrected chi connectivity index (χ0v) is 7.95. The maximum atomic E-state index is 5.71. The lowest BCUT2D eigenvalue weighted by Crippen LogP contribution is -2.50. The Labute approximate surface area is 78.1 Å². The molecule has 76 valence electrons. The third-order valence-corrected chi connectivity index (χ3v) is 2.33. The van der Waals surface area contributed by atoms with Gasteiger partial charge in [0.25, 0.3) is 0 Å². The van der Waals surface area contributed by atoms with Crippen molar-refractivity contribution in [2.75, 3.05) is 19.8 Å². The van der Waals surface area contributed by atoms with Crippen LogP contribution in [0, 0.1) is 0 Å². The van der Waals surface area contributed by atoms with Crippen LogP contribution in [0.15, 0.2) is 5.10 Å². The fourth-order valence-corrected chi connectivity index (χ4v) is 1.57. The monoisotopic (exact) mass is 187 g/mol. The fraction of sp³-hybridized carbons (Fsp3) is 0.875. The third kappa shape index (κ3) is 2.10. The van der Waals surface area contributed by atoms with Gasteiger partial charge in [-0.15, -0.1) is 0 Å². The van der Waals surface area contributed by atoms with E-state index in [1.54, 1.807) is 0 Å². The molecule has 4 N–H and O–H groups in total. The minimum Gasteiger partial charge on any atom is -0.383 e. The van der Waals surface area contributed by atoms with Gasteiger partial charge in [0.15, 0.2) is 5.84 Å². The third-order valence-electron chi connectivity index (χ3n) is 2.33. The molecule has 1 saturated heterocycles. The normalized spacial score (nSPS) is 23.0. The molecule has 5 nitrogen and oxygen atoms in total. The number of amidine groups is 1.